The number of ether oxygens (including phenoxy) is 1. The molecule has 1 rings (SSSR count). The maximum absolute atomic E-state index is 8.61. The largest absolute Gasteiger partial charge is 0.396 e. The Balaban J connectivity index is 2.49. The van der Waals surface area contributed by atoms with Gasteiger partial charge in [-0.15, -0.1) is 0 Å². The molecule has 80 valence electrons. The minimum Gasteiger partial charge on any atom is -0.396 e. The first-order valence-electron chi connectivity index (χ1n) is 4.82. The van der Waals surface area contributed by atoms with Gasteiger partial charge in [0.25, 0.3) is 0 Å². The third-order valence-electron chi connectivity index (χ3n) is 1.81. The van der Waals surface area contributed by atoms with Crippen LogP contribution in [0.4, 0.5) is 0 Å². The van der Waals surface area contributed by atoms with Crippen molar-refractivity contribution in [2.24, 2.45) is 0 Å². The summed E-state index contributed by atoms with van der Waals surface area (Å²) in [5, 5.41) is 12.4. The fourth-order valence-electron chi connectivity index (χ4n) is 1.09. The lowest BCUT2D eigenvalue weighted by Crippen LogP contribution is -2.01. The minimum absolute atomic E-state index is 0.133. The normalized spacial score (nSPS) is 13.1. The monoisotopic (exact) mass is 200 g/mol. The molecule has 0 saturated heterocycles. The molecule has 0 fully saturated rings. The van der Waals surface area contributed by atoms with Crippen LogP contribution in [0.2, 0.25) is 0 Å². The van der Waals surface area contributed by atoms with Crippen molar-refractivity contribution in [1.29, 1.82) is 0 Å². The van der Waals surface area contributed by atoms with Gasteiger partial charge in [0.15, 0.2) is 5.82 Å². The highest BCUT2D eigenvalue weighted by Crippen LogP contribution is 2.13. The average Bonchev–Trinajstić information content (AvgIpc) is 2.63. The van der Waals surface area contributed by atoms with Crippen LogP contribution in [0.5, 0.6) is 0 Å². The van der Waals surface area contributed by atoms with Crippen LogP contribution in [0.15, 0.2) is 4.52 Å². The van der Waals surface area contributed by atoms with Crippen LogP contribution in [0.25, 0.3) is 0 Å². The van der Waals surface area contributed by atoms with Crippen LogP contribution >= 0.6 is 0 Å². The smallest absolute Gasteiger partial charge is 0.226 e. The van der Waals surface area contributed by atoms with E-state index in [2.05, 4.69) is 10.1 Å². The quantitative estimate of drug-likeness (QED) is 0.744. The van der Waals surface area contributed by atoms with Crippen LogP contribution in [0.3, 0.4) is 0 Å². The molecule has 1 unspecified atom stereocenters. The zero-order valence-electron chi connectivity index (χ0n) is 8.56. The number of hydrogen-bond donors (Lipinski definition) is 1. The maximum Gasteiger partial charge on any atom is 0.226 e. The molecule has 0 saturated carbocycles. The van der Waals surface area contributed by atoms with E-state index in [1.807, 2.05) is 13.8 Å². The number of hydrogen-bond acceptors (Lipinski definition) is 5. The molecule has 1 heterocycles. The first-order valence-corrected chi connectivity index (χ1v) is 4.82. The Hall–Kier alpha value is -0.940. The van der Waals surface area contributed by atoms with Gasteiger partial charge in [-0.1, -0.05) is 5.16 Å². The number of aliphatic hydroxyl groups is 1. The summed E-state index contributed by atoms with van der Waals surface area (Å²) in [7, 11) is 0. The van der Waals surface area contributed by atoms with E-state index < -0.39 is 0 Å². The van der Waals surface area contributed by atoms with Crippen LogP contribution in [0.1, 0.15) is 38.1 Å². The van der Waals surface area contributed by atoms with Gasteiger partial charge in [0.05, 0.1) is 0 Å². The summed E-state index contributed by atoms with van der Waals surface area (Å²) in [4.78, 5) is 4.15. The highest BCUT2D eigenvalue weighted by Gasteiger charge is 2.12. The summed E-state index contributed by atoms with van der Waals surface area (Å²) < 4.78 is 10.3. The second-order valence-corrected chi connectivity index (χ2v) is 2.97. The summed E-state index contributed by atoms with van der Waals surface area (Å²) in [5.41, 5.74) is 0. The number of aliphatic hydroxyl groups excluding tert-OH is 1. The van der Waals surface area contributed by atoms with Gasteiger partial charge in [-0.3, -0.25) is 0 Å². The lowest BCUT2D eigenvalue weighted by atomic mass is 10.3. The standard InChI is InChI=1S/C9H16N2O3/c1-3-13-7(2)9-10-8(14-11-9)5-4-6-12/h7,12H,3-6H2,1-2H3. The molecule has 14 heavy (non-hydrogen) atoms. The fourth-order valence-corrected chi connectivity index (χ4v) is 1.09. The Morgan fingerprint density at radius 1 is 1.57 bits per heavy atom. The van der Waals surface area contributed by atoms with Crippen molar-refractivity contribution >= 4 is 0 Å². The Morgan fingerprint density at radius 3 is 3.00 bits per heavy atom. The number of aryl methyl sites for hydroxylation is 1. The first kappa shape index (κ1) is 11.1. The predicted molar refractivity (Wildman–Crippen MR) is 49.7 cm³/mol. The Labute approximate surface area is 83.1 Å². The van der Waals surface area contributed by atoms with Crippen molar-refractivity contribution in [1.82, 2.24) is 10.1 Å². The number of aromatic nitrogens is 2. The van der Waals surface area contributed by atoms with Crippen LogP contribution < -0.4 is 0 Å². The van der Waals surface area contributed by atoms with Gasteiger partial charge in [0.2, 0.25) is 5.89 Å². The van der Waals surface area contributed by atoms with Crippen molar-refractivity contribution in [3.8, 4) is 0 Å². The molecule has 1 aromatic rings. The van der Waals surface area contributed by atoms with E-state index in [1.54, 1.807) is 0 Å². The minimum atomic E-state index is -0.133. The summed E-state index contributed by atoms with van der Waals surface area (Å²) in [6.45, 7) is 4.56. The lowest BCUT2D eigenvalue weighted by molar-refractivity contribution is 0.0683. The highest BCUT2D eigenvalue weighted by atomic mass is 16.5. The zero-order chi connectivity index (χ0) is 10.4. The molecule has 0 aliphatic heterocycles. The molecule has 5 nitrogen and oxygen atoms in total. The molecule has 0 radical (unpaired) electrons. The SMILES string of the molecule is CCOC(C)c1noc(CCCO)n1. The van der Waals surface area contributed by atoms with Gasteiger partial charge in [-0.25, -0.2) is 0 Å². The molecule has 1 atom stereocenters. The molecular formula is C9H16N2O3. The van der Waals surface area contributed by atoms with Gasteiger partial charge in [-0.2, -0.15) is 4.98 Å². The van der Waals surface area contributed by atoms with E-state index in [4.69, 9.17) is 14.4 Å². The van der Waals surface area contributed by atoms with E-state index in [0.717, 1.165) is 0 Å². The third kappa shape index (κ3) is 3.08. The van der Waals surface area contributed by atoms with Crippen molar-refractivity contribution in [2.75, 3.05) is 13.2 Å². The molecule has 0 amide bonds. The first-order chi connectivity index (χ1) is 6.77. The van der Waals surface area contributed by atoms with Crippen molar-refractivity contribution in [3.05, 3.63) is 11.7 Å². The summed E-state index contributed by atoms with van der Waals surface area (Å²) >= 11 is 0. The summed E-state index contributed by atoms with van der Waals surface area (Å²) in [5.74, 6) is 1.13. The Morgan fingerprint density at radius 2 is 2.36 bits per heavy atom. The molecule has 0 bridgehead atoms. The van der Waals surface area contributed by atoms with Gasteiger partial charge < -0.3 is 14.4 Å². The van der Waals surface area contributed by atoms with E-state index in [9.17, 15) is 0 Å². The summed E-state index contributed by atoms with van der Waals surface area (Å²) in [6, 6.07) is 0. The van der Waals surface area contributed by atoms with Crippen LogP contribution in [-0.2, 0) is 11.2 Å². The molecule has 5 heteroatoms. The molecule has 0 aliphatic rings. The Kier molecular flexibility index (Phi) is 4.55. The van der Waals surface area contributed by atoms with Crippen molar-refractivity contribution in [2.45, 2.75) is 32.8 Å². The van der Waals surface area contributed by atoms with Crippen molar-refractivity contribution in [3.63, 3.8) is 0 Å². The maximum atomic E-state index is 8.61. The second-order valence-electron chi connectivity index (χ2n) is 2.97. The number of nitrogens with zero attached hydrogens (tertiary/aromatic N) is 2. The fraction of sp³-hybridized carbons (Fsp3) is 0.778. The lowest BCUT2D eigenvalue weighted by Gasteiger charge is -2.04. The molecule has 1 aromatic heterocycles. The zero-order valence-corrected chi connectivity index (χ0v) is 8.56. The van der Waals surface area contributed by atoms with E-state index >= 15 is 0 Å². The average molecular weight is 200 g/mol. The predicted octanol–water partition coefficient (Wildman–Crippen LogP) is 1.09. The second kappa shape index (κ2) is 5.72. The molecule has 1 N–H and O–H groups in total. The highest BCUT2D eigenvalue weighted by molar-refractivity contribution is 4.89. The topological polar surface area (TPSA) is 68.4 Å². The van der Waals surface area contributed by atoms with E-state index in [0.29, 0.717) is 31.2 Å². The van der Waals surface area contributed by atoms with Crippen molar-refractivity contribution < 1.29 is 14.4 Å². The van der Waals surface area contributed by atoms with E-state index in [1.165, 1.54) is 0 Å². The van der Waals surface area contributed by atoms with Gasteiger partial charge in [0, 0.05) is 19.6 Å². The van der Waals surface area contributed by atoms with E-state index in [-0.39, 0.29) is 12.7 Å². The van der Waals surface area contributed by atoms with Crippen LogP contribution in [0, 0.1) is 0 Å². The molecule has 0 aliphatic carbocycles. The molecular weight excluding hydrogens is 184 g/mol. The van der Waals surface area contributed by atoms with Gasteiger partial charge in [-0.05, 0) is 20.3 Å². The van der Waals surface area contributed by atoms with Gasteiger partial charge in [0.1, 0.15) is 6.10 Å². The molecule has 0 spiro atoms. The number of rotatable bonds is 6. The van der Waals surface area contributed by atoms with Crippen LogP contribution in [-0.4, -0.2) is 28.5 Å². The molecule has 0 aromatic carbocycles. The Bertz CT molecular complexity index is 262. The van der Waals surface area contributed by atoms with Gasteiger partial charge >= 0.3 is 0 Å². The third-order valence-corrected chi connectivity index (χ3v) is 1.81. The summed E-state index contributed by atoms with van der Waals surface area (Å²) in [6.07, 6.45) is 1.12.